The minimum atomic E-state index is -0.503. The van der Waals surface area contributed by atoms with E-state index in [1.807, 2.05) is 35.8 Å². The van der Waals surface area contributed by atoms with E-state index in [0.717, 1.165) is 16.9 Å². The van der Waals surface area contributed by atoms with Gasteiger partial charge in [-0.3, -0.25) is 9.59 Å². The number of carbonyl (C=O) groups excluding carboxylic acids is 2. The van der Waals surface area contributed by atoms with E-state index in [-0.39, 0.29) is 18.2 Å². The molecule has 104 valence electrons. The third-order valence-electron chi connectivity index (χ3n) is 3.58. The zero-order valence-corrected chi connectivity index (χ0v) is 11.7. The Balaban J connectivity index is 2.11. The number of nitrogens with zero attached hydrogens (tertiary/aromatic N) is 4. The lowest BCUT2D eigenvalue weighted by atomic mass is 10.2. The van der Waals surface area contributed by atoms with Crippen LogP contribution in [0.1, 0.15) is 18.3 Å². The van der Waals surface area contributed by atoms with Gasteiger partial charge in [-0.05, 0) is 19.1 Å². The molecule has 1 atom stereocenters. The molecule has 0 unspecified atom stereocenters. The zero-order valence-electron chi connectivity index (χ0n) is 11.7. The van der Waals surface area contributed by atoms with Crippen molar-refractivity contribution in [3.63, 3.8) is 0 Å². The molecule has 2 amide bonds. The van der Waals surface area contributed by atoms with Crippen LogP contribution in [-0.4, -0.2) is 45.5 Å². The largest absolute Gasteiger partial charge is 0.315 e. The molecule has 0 spiro atoms. The van der Waals surface area contributed by atoms with Crippen LogP contribution in [0.4, 0.5) is 0 Å². The van der Waals surface area contributed by atoms with E-state index in [2.05, 4.69) is 4.98 Å². The number of fused-ring (bicyclic) bond motifs is 1. The van der Waals surface area contributed by atoms with Crippen LogP contribution < -0.4 is 0 Å². The van der Waals surface area contributed by atoms with Gasteiger partial charge in [0.2, 0.25) is 5.91 Å². The van der Waals surface area contributed by atoms with Crippen molar-refractivity contribution >= 4 is 22.8 Å². The zero-order chi connectivity index (χ0) is 14.4. The standard InChI is InChI=1S/C14H16N4O2/c1-9-15-10-6-4-5-7-11(10)17(9)12-8-13(19)18(14(12)20)16(2)3/h4-7,12H,8H2,1-3H3/t12-/m0/s1. The number of imidazole rings is 1. The van der Waals surface area contributed by atoms with E-state index in [0.29, 0.717) is 0 Å². The lowest BCUT2D eigenvalue weighted by Gasteiger charge is -2.22. The van der Waals surface area contributed by atoms with Gasteiger partial charge in [0.05, 0.1) is 17.5 Å². The highest BCUT2D eigenvalue weighted by atomic mass is 16.2. The van der Waals surface area contributed by atoms with Gasteiger partial charge < -0.3 is 4.57 Å². The SMILES string of the molecule is Cc1nc2ccccc2n1[C@H]1CC(=O)N(N(C)C)C1=O. The van der Waals surface area contributed by atoms with Crippen LogP contribution in [0.2, 0.25) is 0 Å². The minimum absolute atomic E-state index is 0.179. The molecule has 1 aliphatic heterocycles. The van der Waals surface area contributed by atoms with E-state index >= 15 is 0 Å². The number of hydrogen-bond donors (Lipinski definition) is 0. The van der Waals surface area contributed by atoms with Gasteiger partial charge in [-0.1, -0.05) is 12.1 Å². The minimum Gasteiger partial charge on any atom is -0.315 e. The monoisotopic (exact) mass is 272 g/mol. The van der Waals surface area contributed by atoms with Crippen LogP contribution in [0, 0.1) is 6.92 Å². The summed E-state index contributed by atoms with van der Waals surface area (Å²) in [7, 11) is 3.38. The van der Waals surface area contributed by atoms with Crippen molar-refractivity contribution in [2.24, 2.45) is 0 Å². The van der Waals surface area contributed by atoms with Gasteiger partial charge >= 0.3 is 0 Å². The van der Waals surface area contributed by atoms with Crippen molar-refractivity contribution in [2.75, 3.05) is 14.1 Å². The molecule has 1 aromatic heterocycles. The number of para-hydroxylation sites is 2. The van der Waals surface area contributed by atoms with E-state index in [1.54, 1.807) is 14.1 Å². The van der Waals surface area contributed by atoms with Gasteiger partial charge in [-0.2, -0.15) is 0 Å². The first kappa shape index (κ1) is 12.8. The number of rotatable bonds is 2. The molecule has 6 nitrogen and oxygen atoms in total. The first-order valence-electron chi connectivity index (χ1n) is 6.48. The predicted molar refractivity (Wildman–Crippen MR) is 73.7 cm³/mol. The number of benzene rings is 1. The fourth-order valence-electron chi connectivity index (χ4n) is 2.78. The Morgan fingerprint density at radius 1 is 1.25 bits per heavy atom. The Morgan fingerprint density at radius 3 is 2.60 bits per heavy atom. The summed E-state index contributed by atoms with van der Waals surface area (Å²) in [5.41, 5.74) is 1.73. The molecular weight excluding hydrogens is 256 g/mol. The molecule has 1 aromatic carbocycles. The highest BCUT2D eigenvalue weighted by molar-refractivity contribution is 6.04. The fraction of sp³-hybridized carbons (Fsp3) is 0.357. The maximum Gasteiger partial charge on any atom is 0.267 e. The molecule has 2 aromatic rings. The average Bonchev–Trinajstić information content (AvgIpc) is 2.85. The van der Waals surface area contributed by atoms with E-state index in [9.17, 15) is 9.59 Å². The summed E-state index contributed by atoms with van der Waals surface area (Å²) in [6.07, 6.45) is 0.179. The van der Waals surface area contributed by atoms with Crippen molar-refractivity contribution in [1.29, 1.82) is 0 Å². The number of aromatic nitrogens is 2. The van der Waals surface area contributed by atoms with Crippen molar-refractivity contribution in [1.82, 2.24) is 19.6 Å². The summed E-state index contributed by atoms with van der Waals surface area (Å²) in [4.78, 5) is 28.9. The smallest absolute Gasteiger partial charge is 0.267 e. The molecule has 1 aliphatic rings. The lowest BCUT2D eigenvalue weighted by Crippen LogP contribution is -2.42. The molecular formula is C14H16N4O2. The summed E-state index contributed by atoms with van der Waals surface area (Å²) in [5.74, 6) is 0.367. The highest BCUT2D eigenvalue weighted by Crippen LogP contribution is 2.30. The molecule has 3 rings (SSSR count). The topological polar surface area (TPSA) is 58.4 Å². The van der Waals surface area contributed by atoms with Crippen LogP contribution in [-0.2, 0) is 9.59 Å². The number of amides is 2. The molecule has 20 heavy (non-hydrogen) atoms. The third-order valence-corrected chi connectivity index (χ3v) is 3.58. The molecule has 0 radical (unpaired) electrons. The van der Waals surface area contributed by atoms with Crippen LogP contribution >= 0.6 is 0 Å². The second kappa shape index (κ2) is 4.42. The second-order valence-electron chi connectivity index (χ2n) is 5.13. The fourth-order valence-corrected chi connectivity index (χ4v) is 2.78. The Hall–Kier alpha value is -2.21. The van der Waals surface area contributed by atoms with Crippen LogP contribution in [0.25, 0.3) is 11.0 Å². The van der Waals surface area contributed by atoms with Crippen molar-refractivity contribution in [3.05, 3.63) is 30.1 Å². The molecule has 1 saturated heterocycles. The van der Waals surface area contributed by atoms with Crippen molar-refractivity contribution in [2.45, 2.75) is 19.4 Å². The van der Waals surface area contributed by atoms with Gasteiger partial charge in [0.15, 0.2) is 0 Å². The Bertz CT molecular complexity index is 704. The summed E-state index contributed by atoms with van der Waals surface area (Å²) in [6.45, 7) is 1.86. The molecule has 0 saturated carbocycles. The second-order valence-corrected chi connectivity index (χ2v) is 5.13. The van der Waals surface area contributed by atoms with Gasteiger partial charge in [-0.25, -0.2) is 15.0 Å². The summed E-state index contributed by atoms with van der Waals surface area (Å²) in [6, 6.07) is 7.14. The first-order chi connectivity index (χ1) is 9.50. The van der Waals surface area contributed by atoms with Gasteiger partial charge in [0.25, 0.3) is 5.91 Å². The number of hydrazine groups is 1. The Kier molecular flexibility index (Phi) is 2.83. The number of carbonyl (C=O) groups is 2. The lowest BCUT2D eigenvalue weighted by molar-refractivity contribution is -0.153. The molecule has 0 aliphatic carbocycles. The molecule has 0 bridgehead atoms. The Morgan fingerprint density at radius 2 is 1.95 bits per heavy atom. The van der Waals surface area contributed by atoms with Crippen LogP contribution in [0.3, 0.4) is 0 Å². The third kappa shape index (κ3) is 1.72. The van der Waals surface area contributed by atoms with Crippen molar-refractivity contribution in [3.8, 4) is 0 Å². The van der Waals surface area contributed by atoms with E-state index in [4.69, 9.17) is 0 Å². The number of imide groups is 1. The first-order valence-corrected chi connectivity index (χ1v) is 6.48. The van der Waals surface area contributed by atoms with Crippen molar-refractivity contribution < 1.29 is 9.59 Å². The number of aryl methyl sites for hydroxylation is 1. The van der Waals surface area contributed by atoms with Crippen LogP contribution in [0.5, 0.6) is 0 Å². The maximum atomic E-state index is 12.5. The quantitative estimate of drug-likeness (QED) is 0.769. The average molecular weight is 272 g/mol. The molecule has 0 N–H and O–H groups in total. The molecule has 1 fully saturated rings. The molecule has 2 heterocycles. The van der Waals surface area contributed by atoms with Crippen LogP contribution in [0.15, 0.2) is 24.3 Å². The Labute approximate surface area is 116 Å². The summed E-state index contributed by atoms with van der Waals surface area (Å²) in [5, 5.41) is 2.72. The van der Waals surface area contributed by atoms with Gasteiger partial charge in [0.1, 0.15) is 11.9 Å². The summed E-state index contributed by atoms with van der Waals surface area (Å²) < 4.78 is 1.86. The normalized spacial score (nSPS) is 19.6. The predicted octanol–water partition coefficient (Wildman–Crippen LogP) is 1.12. The highest BCUT2D eigenvalue weighted by Gasteiger charge is 2.42. The van der Waals surface area contributed by atoms with Gasteiger partial charge in [0, 0.05) is 14.1 Å². The van der Waals surface area contributed by atoms with E-state index < -0.39 is 6.04 Å². The van der Waals surface area contributed by atoms with E-state index in [1.165, 1.54) is 10.0 Å². The van der Waals surface area contributed by atoms with Gasteiger partial charge in [-0.15, -0.1) is 0 Å². The maximum absolute atomic E-state index is 12.5. The molecule has 6 heteroatoms. The number of hydrogen-bond acceptors (Lipinski definition) is 4. The summed E-state index contributed by atoms with van der Waals surface area (Å²) >= 11 is 0.